The third-order valence-corrected chi connectivity index (χ3v) is 4.52. The van der Waals surface area contributed by atoms with Crippen LogP contribution >= 0.6 is 27.5 Å². The van der Waals surface area contributed by atoms with E-state index >= 15 is 0 Å². The molecule has 0 spiro atoms. The van der Waals surface area contributed by atoms with Gasteiger partial charge in [0.25, 0.3) is 0 Å². The lowest BCUT2D eigenvalue weighted by Crippen LogP contribution is -2.08. The molecule has 0 radical (unpaired) electrons. The lowest BCUT2D eigenvalue weighted by molar-refractivity contribution is 0.411. The Bertz CT molecular complexity index is 362. The van der Waals surface area contributed by atoms with E-state index in [9.17, 15) is 0 Å². The summed E-state index contributed by atoms with van der Waals surface area (Å²) in [7, 11) is 1.68. The lowest BCUT2D eigenvalue weighted by Gasteiger charge is -2.23. The Balaban J connectivity index is 2.89. The molecular weight excluding hydrogens is 312 g/mol. The van der Waals surface area contributed by atoms with Gasteiger partial charge >= 0.3 is 0 Å². The summed E-state index contributed by atoms with van der Waals surface area (Å²) in [6.07, 6.45) is 4.73. The number of ether oxygens (including phenoxy) is 1. The fourth-order valence-corrected chi connectivity index (χ4v) is 3.47. The van der Waals surface area contributed by atoms with Crippen LogP contribution in [0.2, 0.25) is 0 Å². The molecule has 1 aromatic rings. The summed E-state index contributed by atoms with van der Waals surface area (Å²) in [6, 6.07) is 6.03. The van der Waals surface area contributed by atoms with Gasteiger partial charge in [-0.1, -0.05) is 48.7 Å². The highest BCUT2D eigenvalue weighted by atomic mass is 79.9. The van der Waals surface area contributed by atoms with Crippen molar-refractivity contribution in [3.8, 4) is 5.75 Å². The summed E-state index contributed by atoms with van der Waals surface area (Å²) in [6.45, 7) is 4.44. The Hall–Kier alpha value is -0.210. The summed E-state index contributed by atoms with van der Waals surface area (Å²) in [5, 5.41) is 0.0742. The molecule has 0 fully saturated rings. The van der Waals surface area contributed by atoms with Gasteiger partial charge in [-0.3, -0.25) is 0 Å². The zero-order chi connectivity index (χ0) is 13.5. The number of hydrogen-bond donors (Lipinski definition) is 0. The zero-order valence-corrected chi connectivity index (χ0v) is 13.7. The Kier molecular flexibility index (Phi) is 7.10. The predicted molar refractivity (Wildman–Crippen MR) is 82.6 cm³/mol. The quantitative estimate of drug-likeness (QED) is 0.560. The first-order chi connectivity index (χ1) is 8.63. The van der Waals surface area contributed by atoms with Crippen LogP contribution in [0.4, 0.5) is 0 Å². The van der Waals surface area contributed by atoms with Crippen LogP contribution in [0.25, 0.3) is 0 Å². The highest BCUT2D eigenvalue weighted by Gasteiger charge is 2.21. The maximum absolute atomic E-state index is 6.66. The van der Waals surface area contributed by atoms with Gasteiger partial charge in [-0.15, -0.1) is 11.6 Å². The highest BCUT2D eigenvalue weighted by Crippen LogP contribution is 2.39. The number of hydrogen-bond acceptors (Lipinski definition) is 1. The highest BCUT2D eigenvalue weighted by molar-refractivity contribution is 9.10. The maximum atomic E-state index is 6.66. The summed E-state index contributed by atoms with van der Waals surface area (Å²) < 4.78 is 6.25. The molecule has 0 saturated carbocycles. The van der Waals surface area contributed by atoms with Crippen molar-refractivity contribution < 1.29 is 4.74 Å². The second kappa shape index (κ2) is 8.06. The minimum atomic E-state index is 0.0742. The molecule has 1 aromatic carbocycles. The minimum absolute atomic E-state index is 0.0742. The fraction of sp³-hybridized carbons (Fsp3) is 0.600. The largest absolute Gasteiger partial charge is 0.497 e. The maximum Gasteiger partial charge on any atom is 0.120 e. The third kappa shape index (κ3) is 4.17. The Morgan fingerprint density at radius 1 is 1.22 bits per heavy atom. The minimum Gasteiger partial charge on any atom is -0.497 e. The van der Waals surface area contributed by atoms with E-state index < -0.39 is 0 Å². The molecule has 0 aromatic heterocycles. The molecule has 0 aliphatic rings. The van der Waals surface area contributed by atoms with E-state index in [4.69, 9.17) is 16.3 Å². The fourth-order valence-electron chi connectivity index (χ4n) is 2.29. The molecule has 0 aliphatic heterocycles. The SMILES string of the molecule is CCCC(CCC)C(Cl)c1ccc(OC)cc1Br. The molecule has 1 unspecified atom stereocenters. The molecule has 1 nitrogen and oxygen atoms in total. The second-order valence-corrected chi connectivity index (χ2v) is 5.95. The summed E-state index contributed by atoms with van der Waals surface area (Å²) >= 11 is 10.3. The van der Waals surface area contributed by atoms with Crippen LogP contribution in [-0.2, 0) is 0 Å². The molecule has 1 rings (SSSR count). The Morgan fingerprint density at radius 3 is 2.28 bits per heavy atom. The summed E-state index contributed by atoms with van der Waals surface area (Å²) in [4.78, 5) is 0. The normalized spacial score (nSPS) is 12.8. The Labute approximate surface area is 124 Å². The molecule has 0 N–H and O–H groups in total. The van der Waals surface area contributed by atoms with Gasteiger partial charge in [-0.2, -0.15) is 0 Å². The first-order valence-electron chi connectivity index (χ1n) is 6.61. The van der Waals surface area contributed by atoms with Crippen molar-refractivity contribution >= 4 is 27.5 Å². The number of alkyl halides is 1. The van der Waals surface area contributed by atoms with Crippen molar-refractivity contribution in [2.75, 3.05) is 7.11 Å². The van der Waals surface area contributed by atoms with Gasteiger partial charge in [0.15, 0.2) is 0 Å². The second-order valence-electron chi connectivity index (χ2n) is 4.63. The number of rotatable bonds is 7. The molecular formula is C15H22BrClO. The third-order valence-electron chi connectivity index (χ3n) is 3.24. The smallest absolute Gasteiger partial charge is 0.120 e. The van der Waals surface area contributed by atoms with Crippen molar-refractivity contribution in [1.29, 1.82) is 0 Å². The molecule has 18 heavy (non-hydrogen) atoms. The average molecular weight is 334 g/mol. The van der Waals surface area contributed by atoms with Crippen molar-refractivity contribution in [3.63, 3.8) is 0 Å². The van der Waals surface area contributed by atoms with Crippen LogP contribution in [0.15, 0.2) is 22.7 Å². The molecule has 1 atom stereocenters. The molecule has 0 amide bonds. The van der Waals surface area contributed by atoms with Crippen LogP contribution in [0.5, 0.6) is 5.75 Å². The number of halogens is 2. The summed E-state index contributed by atoms with van der Waals surface area (Å²) in [5.74, 6) is 1.41. The van der Waals surface area contributed by atoms with E-state index in [1.54, 1.807) is 7.11 Å². The van der Waals surface area contributed by atoms with Crippen LogP contribution in [0, 0.1) is 5.92 Å². The van der Waals surface area contributed by atoms with Gasteiger partial charge in [-0.25, -0.2) is 0 Å². The van der Waals surface area contributed by atoms with Gasteiger partial charge in [0.2, 0.25) is 0 Å². The van der Waals surface area contributed by atoms with E-state index in [0.717, 1.165) is 10.2 Å². The van der Waals surface area contributed by atoms with Crippen LogP contribution in [-0.4, -0.2) is 7.11 Å². The van der Waals surface area contributed by atoms with Gasteiger partial charge < -0.3 is 4.74 Å². The monoisotopic (exact) mass is 332 g/mol. The van der Waals surface area contributed by atoms with E-state index in [1.807, 2.05) is 12.1 Å². The first kappa shape index (κ1) is 15.8. The van der Waals surface area contributed by atoms with E-state index in [0.29, 0.717) is 5.92 Å². The van der Waals surface area contributed by atoms with Gasteiger partial charge in [-0.05, 0) is 36.5 Å². The molecule has 0 bridgehead atoms. The first-order valence-corrected chi connectivity index (χ1v) is 7.84. The van der Waals surface area contributed by atoms with Crippen molar-refractivity contribution in [1.82, 2.24) is 0 Å². The topological polar surface area (TPSA) is 9.23 Å². The standard InChI is InChI=1S/C15H22BrClO/c1-4-6-11(7-5-2)15(17)13-9-8-12(18-3)10-14(13)16/h8-11,15H,4-7H2,1-3H3. The van der Waals surface area contributed by atoms with Crippen LogP contribution in [0.1, 0.15) is 50.5 Å². The summed E-state index contributed by atoms with van der Waals surface area (Å²) in [5.41, 5.74) is 1.17. The number of benzene rings is 1. The van der Waals surface area contributed by atoms with E-state index in [2.05, 4.69) is 35.8 Å². The van der Waals surface area contributed by atoms with E-state index in [-0.39, 0.29) is 5.38 Å². The predicted octanol–water partition coefficient (Wildman–Crippen LogP) is 5.95. The lowest BCUT2D eigenvalue weighted by atomic mass is 9.90. The average Bonchev–Trinajstić information content (AvgIpc) is 2.37. The van der Waals surface area contributed by atoms with Crippen LogP contribution < -0.4 is 4.74 Å². The van der Waals surface area contributed by atoms with Crippen molar-refractivity contribution in [2.45, 2.75) is 44.9 Å². The molecule has 102 valence electrons. The van der Waals surface area contributed by atoms with E-state index in [1.165, 1.54) is 31.2 Å². The Morgan fingerprint density at radius 2 is 1.83 bits per heavy atom. The molecule has 0 heterocycles. The van der Waals surface area contributed by atoms with Crippen LogP contribution in [0.3, 0.4) is 0 Å². The van der Waals surface area contributed by atoms with Gasteiger partial charge in [0.1, 0.15) is 5.75 Å². The molecule has 0 aliphatic carbocycles. The number of methoxy groups -OCH3 is 1. The van der Waals surface area contributed by atoms with Gasteiger partial charge in [0, 0.05) is 4.47 Å². The van der Waals surface area contributed by atoms with Gasteiger partial charge in [0.05, 0.1) is 12.5 Å². The molecule has 0 saturated heterocycles. The van der Waals surface area contributed by atoms with Crippen molar-refractivity contribution in [2.24, 2.45) is 5.92 Å². The van der Waals surface area contributed by atoms with Crippen molar-refractivity contribution in [3.05, 3.63) is 28.2 Å². The zero-order valence-electron chi connectivity index (χ0n) is 11.4. The molecule has 3 heteroatoms.